The van der Waals surface area contributed by atoms with E-state index in [4.69, 9.17) is 5.73 Å². The van der Waals surface area contributed by atoms with E-state index in [9.17, 15) is 4.79 Å². The zero-order valence-electron chi connectivity index (χ0n) is 9.03. The van der Waals surface area contributed by atoms with Gasteiger partial charge in [-0.15, -0.1) is 0 Å². The molecule has 1 rings (SSSR count). The molecular formula is C9H15N5O. The number of hydrogen-bond acceptors (Lipinski definition) is 5. The van der Waals surface area contributed by atoms with E-state index in [-0.39, 0.29) is 0 Å². The number of nitrogens with zero attached hydrogens (tertiary/aromatic N) is 2. The first-order valence-electron chi connectivity index (χ1n) is 4.62. The number of amides is 1. The van der Waals surface area contributed by atoms with E-state index in [2.05, 4.69) is 20.6 Å². The van der Waals surface area contributed by atoms with Crippen LogP contribution < -0.4 is 16.4 Å². The highest BCUT2D eigenvalue weighted by Crippen LogP contribution is 2.11. The van der Waals surface area contributed by atoms with Gasteiger partial charge >= 0.3 is 0 Å². The normalized spacial score (nSPS) is 11.9. The van der Waals surface area contributed by atoms with E-state index in [0.29, 0.717) is 17.5 Å². The summed E-state index contributed by atoms with van der Waals surface area (Å²) in [6, 6.07) is 1.26. The first-order valence-corrected chi connectivity index (χ1v) is 4.62. The third-order valence-corrected chi connectivity index (χ3v) is 1.89. The van der Waals surface area contributed by atoms with Crippen molar-refractivity contribution in [3.05, 3.63) is 11.9 Å². The molecule has 1 aromatic rings. The Morgan fingerprint density at radius 2 is 2.07 bits per heavy atom. The third kappa shape index (κ3) is 3.08. The lowest BCUT2D eigenvalue weighted by Crippen LogP contribution is -2.32. The predicted octanol–water partition coefficient (Wildman–Crippen LogP) is 0.112. The number of nitrogens with one attached hydrogen (secondary N) is 2. The standard InChI is InChI=1S/C9H15N5O/c1-5(9(10)15)12-8-4-7(11-3)13-6(2)14-8/h4-5H,1-3H3,(H2,10,15)(H2,11,12,13,14). The van der Waals surface area contributed by atoms with Crippen LogP contribution in [0.2, 0.25) is 0 Å². The quantitative estimate of drug-likeness (QED) is 0.654. The molecule has 0 saturated heterocycles. The maximum Gasteiger partial charge on any atom is 0.239 e. The Morgan fingerprint density at radius 1 is 1.47 bits per heavy atom. The zero-order chi connectivity index (χ0) is 11.4. The Balaban J connectivity index is 2.85. The summed E-state index contributed by atoms with van der Waals surface area (Å²) >= 11 is 0. The van der Waals surface area contributed by atoms with Crippen molar-refractivity contribution in [1.29, 1.82) is 0 Å². The smallest absolute Gasteiger partial charge is 0.239 e. The molecule has 4 N–H and O–H groups in total. The molecule has 82 valence electrons. The molecule has 0 spiro atoms. The summed E-state index contributed by atoms with van der Waals surface area (Å²) in [5, 5.41) is 5.79. The number of carbonyl (C=O) groups is 1. The SMILES string of the molecule is CNc1cc(NC(C)C(N)=O)nc(C)n1. The van der Waals surface area contributed by atoms with Crippen molar-refractivity contribution in [3.63, 3.8) is 0 Å². The van der Waals surface area contributed by atoms with E-state index in [1.54, 1.807) is 27.0 Å². The molecule has 0 fully saturated rings. The van der Waals surface area contributed by atoms with Crippen molar-refractivity contribution in [3.8, 4) is 0 Å². The Labute approximate surface area is 88.3 Å². The predicted molar refractivity (Wildman–Crippen MR) is 58.6 cm³/mol. The molecule has 0 aliphatic rings. The fraction of sp³-hybridized carbons (Fsp3) is 0.444. The molecule has 0 aliphatic heterocycles. The van der Waals surface area contributed by atoms with Crippen molar-refractivity contribution in [2.75, 3.05) is 17.7 Å². The number of nitrogens with two attached hydrogens (primary N) is 1. The van der Waals surface area contributed by atoms with Crippen LogP contribution in [0.25, 0.3) is 0 Å². The van der Waals surface area contributed by atoms with Gasteiger partial charge in [0.1, 0.15) is 23.5 Å². The van der Waals surface area contributed by atoms with E-state index in [1.807, 2.05) is 0 Å². The number of hydrogen-bond donors (Lipinski definition) is 3. The van der Waals surface area contributed by atoms with Gasteiger partial charge in [0.15, 0.2) is 0 Å². The minimum absolute atomic E-state index is 0.419. The number of rotatable bonds is 4. The summed E-state index contributed by atoms with van der Waals surface area (Å²) in [7, 11) is 1.77. The Hall–Kier alpha value is -1.85. The molecule has 0 bridgehead atoms. The minimum Gasteiger partial charge on any atom is -0.373 e. The van der Waals surface area contributed by atoms with Crippen LogP contribution in [0.4, 0.5) is 11.6 Å². The molecular weight excluding hydrogens is 194 g/mol. The molecule has 1 heterocycles. The van der Waals surface area contributed by atoms with E-state index >= 15 is 0 Å². The topological polar surface area (TPSA) is 92.9 Å². The second-order valence-electron chi connectivity index (χ2n) is 3.20. The third-order valence-electron chi connectivity index (χ3n) is 1.89. The minimum atomic E-state index is -0.455. The molecule has 1 aromatic heterocycles. The summed E-state index contributed by atoms with van der Waals surface area (Å²) in [5.41, 5.74) is 5.13. The Morgan fingerprint density at radius 3 is 2.60 bits per heavy atom. The Bertz CT molecular complexity index is 366. The number of aryl methyl sites for hydroxylation is 1. The van der Waals surface area contributed by atoms with Gasteiger partial charge in [-0.2, -0.15) is 0 Å². The molecule has 1 unspecified atom stereocenters. The summed E-state index contributed by atoms with van der Waals surface area (Å²) in [6.45, 7) is 3.46. The van der Waals surface area contributed by atoms with Crippen LogP contribution in [0.3, 0.4) is 0 Å². The summed E-state index contributed by atoms with van der Waals surface area (Å²) in [4.78, 5) is 19.1. The zero-order valence-corrected chi connectivity index (χ0v) is 9.03. The largest absolute Gasteiger partial charge is 0.373 e. The van der Waals surface area contributed by atoms with Crippen molar-refractivity contribution in [2.45, 2.75) is 19.9 Å². The molecule has 0 saturated carbocycles. The van der Waals surface area contributed by atoms with Gasteiger partial charge in [-0.25, -0.2) is 9.97 Å². The monoisotopic (exact) mass is 209 g/mol. The van der Waals surface area contributed by atoms with Crippen LogP contribution in [0.1, 0.15) is 12.7 Å². The molecule has 1 atom stereocenters. The fourth-order valence-electron chi connectivity index (χ4n) is 1.06. The van der Waals surface area contributed by atoms with Crippen LogP contribution in [-0.2, 0) is 4.79 Å². The second-order valence-corrected chi connectivity index (χ2v) is 3.20. The number of aromatic nitrogens is 2. The van der Waals surface area contributed by atoms with Gasteiger partial charge < -0.3 is 16.4 Å². The summed E-state index contributed by atoms with van der Waals surface area (Å²) < 4.78 is 0. The van der Waals surface area contributed by atoms with Gasteiger partial charge in [0.2, 0.25) is 5.91 Å². The highest BCUT2D eigenvalue weighted by molar-refractivity contribution is 5.82. The maximum atomic E-state index is 10.8. The van der Waals surface area contributed by atoms with Gasteiger partial charge in [-0.3, -0.25) is 4.79 Å². The van der Waals surface area contributed by atoms with E-state index in [0.717, 1.165) is 0 Å². The number of carbonyl (C=O) groups excluding carboxylic acids is 1. The van der Waals surface area contributed by atoms with Crippen molar-refractivity contribution < 1.29 is 4.79 Å². The number of anilines is 2. The van der Waals surface area contributed by atoms with Gasteiger partial charge in [0, 0.05) is 13.1 Å². The fourth-order valence-corrected chi connectivity index (χ4v) is 1.06. The van der Waals surface area contributed by atoms with Crippen LogP contribution in [0, 0.1) is 6.92 Å². The first kappa shape index (κ1) is 11.2. The summed E-state index contributed by atoms with van der Waals surface area (Å²) in [6.07, 6.45) is 0. The van der Waals surface area contributed by atoms with Crippen LogP contribution >= 0.6 is 0 Å². The first-order chi connectivity index (χ1) is 7.02. The van der Waals surface area contributed by atoms with Gasteiger partial charge in [0.05, 0.1) is 0 Å². The van der Waals surface area contributed by atoms with Crippen molar-refractivity contribution >= 4 is 17.5 Å². The average molecular weight is 209 g/mol. The lowest BCUT2D eigenvalue weighted by Gasteiger charge is -2.12. The van der Waals surface area contributed by atoms with E-state index < -0.39 is 11.9 Å². The van der Waals surface area contributed by atoms with Crippen LogP contribution in [-0.4, -0.2) is 29.0 Å². The number of primary amides is 1. The van der Waals surface area contributed by atoms with Crippen LogP contribution in [0.15, 0.2) is 6.07 Å². The Kier molecular flexibility index (Phi) is 3.43. The summed E-state index contributed by atoms with van der Waals surface area (Å²) in [5.74, 6) is 1.48. The highest BCUT2D eigenvalue weighted by Gasteiger charge is 2.09. The van der Waals surface area contributed by atoms with Crippen molar-refractivity contribution in [2.24, 2.45) is 5.73 Å². The second kappa shape index (κ2) is 4.59. The van der Waals surface area contributed by atoms with Gasteiger partial charge in [-0.05, 0) is 13.8 Å². The molecule has 0 aromatic carbocycles. The van der Waals surface area contributed by atoms with Crippen LogP contribution in [0.5, 0.6) is 0 Å². The maximum absolute atomic E-state index is 10.8. The van der Waals surface area contributed by atoms with Gasteiger partial charge in [0.25, 0.3) is 0 Å². The molecule has 1 amide bonds. The van der Waals surface area contributed by atoms with E-state index in [1.165, 1.54) is 0 Å². The molecule has 15 heavy (non-hydrogen) atoms. The van der Waals surface area contributed by atoms with Gasteiger partial charge in [-0.1, -0.05) is 0 Å². The molecule has 6 heteroatoms. The highest BCUT2D eigenvalue weighted by atomic mass is 16.1. The molecule has 0 radical (unpaired) electrons. The molecule has 0 aliphatic carbocycles. The molecule has 6 nitrogen and oxygen atoms in total. The average Bonchev–Trinajstić information content (AvgIpc) is 2.16. The lowest BCUT2D eigenvalue weighted by atomic mass is 10.3. The van der Waals surface area contributed by atoms with Crippen molar-refractivity contribution in [1.82, 2.24) is 9.97 Å². The lowest BCUT2D eigenvalue weighted by molar-refractivity contribution is -0.118.